The molecule has 0 amide bonds. The van der Waals surface area contributed by atoms with Crippen LogP contribution in [-0.4, -0.2) is 29.9 Å². The van der Waals surface area contributed by atoms with Crippen molar-refractivity contribution in [1.29, 1.82) is 0 Å². The predicted octanol–water partition coefficient (Wildman–Crippen LogP) is 0.944. The number of likely N-dealkylation sites (tertiary alicyclic amines) is 1. The quantitative estimate of drug-likeness (QED) is 0.432. The molecule has 1 aromatic heterocycles. The van der Waals surface area contributed by atoms with E-state index in [1.54, 1.807) is 6.26 Å². The molecular weight excluding hydrogens is 210 g/mol. The second kappa shape index (κ2) is 4.94. The number of carbonyl (C=O) groups excluding carboxylic acids is 2. The molecule has 0 bridgehead atoms. The molecule has 0 N–H and O–H groups in total. The van der Waals surface area contributed by atoms with Crippen LogP contribution in [0.15, 0.2) is 22.8 Å². The summed E-state index contributed by atoms with van der Waals surface area (Å²) in [6.45, 7) is 1.58. The molecule has 0 spiro atoms. The lowest BCUT2D eigenvalue weighted by molar-refractivity contribution is -0.155. The molecule has 1 aliphatic heterocycles. The van der Waals surface area contributed by atoms with Crippen LogP contribution in [0, 0.1) is 0 Å². The molecule has 16 heavy (non-hydrogen) atoms. The zero-order valence-corrected chi connectivity index (χ0v) is 8.80. The van der Waals surface area contributed by atoms with Crippen LogP contribution >= 0.6 is 0 Å². The van der Waals surface area contributed by atoms with E-state index in [2.05, 4.69) is 4.74 Å². The van der Waals surface area contributed by atoms with E-state index in [1.165, 1.54) is 0 Å². The number of carbonyl (C=O) groups is 2. The largest absolute Gasteiger partial charge is 0.468 e. The topological polar surface area (TPSA) is 59.8 Å². The summed E-state index contributed by atoms with van der Waals surface area (Å²) in [5, 5.41) is 0. The number of nitrogens with zero attached hydrogens (tertiary/aromatic N) is 1. The molecule has 1 aliphatic rings. The number of hydrogen-bond acceptors (Lipinski definition) is 5. The van der Waals surface area contributed by atoms with E-state index in [4.69, 9.17) is 4.42 Å². The Morgan fingerprint density at radius 2 is 2.56 bits per heavy atom. The average Bonchev–Trinajstić information content (AvgIpc) is 2.90. The van der Waals surface area contributed by atoms with Gasteiger partial charge in [0.15, 0.2) is 0 Å². The highest BCUT2D eigenvalue weighted by atomic mass is 16.6. The van der Waals surface area contributed by atoms with Gasteiger partial charge in [-0.2, -0.15) is 0 Å². The molecule has 86 valence electrons. The van der Waals surface area contributed by atoms with E-state index in [0.717, 1.165) is 25.1 Å². The minimum absolute atomic E-state index is 0.186. The zero-order valence-electron chi connectivity index (χ0n) is 8.80. The SMILES string of the molecule is O=COC(=O)C1CCCN1Cc1ccco1. The lowest BCUT2D eigenvalue weighted by atomic mass is 10.2. The summed E-state index contributed by atoms with van der Waals surface area (Å²) in [6.07, 6.45) is 3.26. The van der Waals surface area contributed by atoms with Gasteiger partial charge in [-0.3, -0.25) is 9.69 Å². The zero-order chi connectivity index (χ0) is 11.4. The van der Waals surface area contributed by atoms with Crippen LogP contribution in [0.1, 0.15) is 18.6 Å². The van der Waals surface area contributed by atoms with Crippen molar-refractivity contribution in [3.63, 3.8) is 0 Å². The number of ether oxygens (including phenoxy) is 1. The fourth-order valence-corrected chi connectivity index (χ4v) is 2.01. The lowest BCUT2D eigenvalue weighted by Gasteiger charge is -2.20. The Hall–Kier alpha value is -1.62. The van der Waals surface area contributed by atoms with Gasteiger partial charge >= 0.3 is 12.4 Å². The van der Waals surface area contributed by atoms with E-state index >= 15 is 0 Å². The summed E-state index contributed by atoms with van der Waals surface area (Å²) in [5.41, 5.74) is 0. The van der Waals surface area contributed by atoms with E-state index in [-0.39, 0.29) is 12.5 Å². The normalized spacial score (nSPS) is 20.9. The first kappa shape index (κ1) is 10.9. The third kappa shape index (κ3) is 2.30. The maximum absolute atomic E-state index is 11.5. The molecule has 0 radical (unpaired) electrons. The number of furan rings is 1. The molecule has 1 atom stereocenters. The molecule has 2 rings (SSSR count). The van der Waals surface area contributed by atoms with E-state index < -0.39 is 5.97 Å². The molecule has 2 heterocycles. The van der Waals surface area contributed by atoms with Gasteiger partial charge in [-0.05, 0) is 31.5 Å². The first-order valence-electron chi connectivity index (χ1n) is 5.22. The summed E-state index contributed by atoms with van der Waals surface area (Å²) >= 11 is 0. The van der Waals surface area contributed by atoms with Crippen LogP contribution in [0.4, 0.5) is 0 Å². The highest BCUT2D eigenvalue weighted by Crippen LogP contribution is 2.21. The molecule has 5 nitrogen and oxygen atoms in total. The maximum atomic E-state index is 11.5. The summed E-state index contributed by atoms with van der Waals surface area (Å²) in [7, 11) is 0. The Bertz CT molecular complexity index is 360. The van der Waals surface area contributed by atoms with Gasteiger partial charge < -0.3 is 9.15 Å². The van der Waals surface area contributed by atoms with Crippen molar-refractivity contribution in [2.24, 2.45) is 0 Å². The van der Waals surface area contributed by atoms with Crippen LogP contribution in [0.5, 0.6) is 0 Å². The molecule has 0 aliphatic carbocycles. The third-order valence-corrected chi connectivity index (χ3v) is 2.74. The Kier molecular flexibility index (Phi) is 3.36. The van der Waals surface area contributed by atoms with Crippen LogP contribution in [0.3, 0.4) is 0 Å². The van der Waals surface area contributed by atoms with Gasteiger partial charge in [0.25, 0.3) is 0 Å². The fourth-order valence-electron chi connectivity index (χ4n) is 2.01. The van der Waals surface area contributed by atoms with Crippen molar-refractivity contribution in [1.82, 2.24) is 4.90 Å². The molecule has 1 saturated heterocycles. The Morgan fingerprint density at radius 3 is 3.25 bits per heavy atom. The minimum atomic E-state index is -0.473. The summed E-state index contributed by atoms with van der Waals surface area (Å²) in [5.74, 6) is 0.338. The van der Waals surface area contributed by atoms with Crippen molar-refractivity contribution >= 4 is 12.4 Å². The van der Waals surface area contributed by atoms with Crippen molar-refractivity contribution < 1.29 is 18.7 Å². The molecule has 1 fully saturated rings. The van der Waals surface area contributed by atoms with Gasteiger partial charge in [0.1, 0.15) is 11.8 Å². The fraction of sp³-hybridized carbons (Fsp3) is 0.455. The molecule has 1 unspecified atom stereocenters. The Labute approximate surface area is 93.0 Å². The van der Waals surface area contributed by atoms with E-state index in [1.807, 2.05) is 17.0 Å². The monoisotopic (exact) mass is 223 g/mol. The number of hydrogen-bond donors (Lipinski definition) is 0. The van der Waals surface area contributed by atoms with Gasteiger partial charge in [0, 0.05) is 0 Å². The van der Waals surface area contributed by atoms with Crippen LogP contribution in [-0.2, 0) is 20.9 Å². The first-order valence-corrected chi connectivity index (χ1v) is 5.22. The predicted molar refractivity (Wildman–Crippen MR) is 54.3 cm³/mol. The van der Waals surface area contributed by atoms with Crippen molar-refractivity contribution in [2.45, 2.75) is 25.4 Å². The van der Waals surface area contributed by atoms with Gasteiger partial charge in [0.2, 0.25) is 0 Å². The standard InChI is InChI=1S/C11H13NO4/c13-8-16-11(14)10-4-1-5-12(10)7-9-3-2-6-15-9/h2-3,6,8,10H,1,4-5,7H2. The molecular formula is C11H13NO4. The van der Waals surface area contributed by atoms with Gasteiger partial charge in [-0.25, -0.2) is 4.79 Å². The molecule has 0 aromatic carbocycles. The molecule has 0 saturated carbocycles. The van der Waals surface area contributed by atoms with Crippen molar-refractivity contribution in [2.75, 3.05) is 6.54 Å². The second-order valence-electron chi connectivity index (χ2n) is 3.74. The highest BCUT2D eigenvalue weighted by Gasteiger charge is 2.32. The lowest BCUT2D eigenvalue weighted by Crippen LogP contribution is -2.36. The van der Waals surface area contributed by atoms with Crippen molar-refractivity contribution in [3.8, 4) is 0 Å². The average molecular weight is 223 g/mol. The minimum Gasteiger partial charge on any atom is -0.468 e. The van der Waals surface area contributed by atoms with Gasteiger partial charge in [-0.1, -0.05) is 0 Å². The maximum Gasteiger partial charge on any atom is 0.330 e. The smallest absolute Gasteiger partial charge is 0.330 e. The van der Waals surface area contributed by atoms with Gasteiger partial charge in [-0.15, -0.1) is 0 Å². The third-order valence-electron chi connectivity index (χ3n) is 2.74. The van der Waals surface area contributed by atoms with Crippen molar-refractivity contribution in [3.05, 3.63) is 24.2 Å². The van der Waals surface area contributed by atoms with Gasteiger partial charge in [0.05, 0.1) is 12.8 Å². The van der Waals surface area contributed by atoms with Crippen LogP contribution in [0.2, 0.25) is 0 Å². The van der Waals surface area contributed by atoms with Crippen LogP contribution in [0.25, 0.3) is 0 Å². The summed E-state index contributed by atoms with van der Waals surface area (Å²) < 4.78 is 9.60. The number of rotatable bonds is 4. The Morgan fingerprint density at radius 1 is 1.69 bits per heavy atom. The first-order chi connectivity index (χ1) is 7.81. The highest BCUT2D eigenvalue weighted by molar-refractivity contribution is 5.81. The molecule has 1 aromatic rings. The van der Waals surface area contributed by atoms with E-state index in [0.29, 0.717) is 6.54 Å². The summed E-state index contributed by atoms with van der Waals surface area (Å²) in [4.78, 5) is 23.5. The summed E-state index contributed by atoms with van der Waals surface area (Å²) in [6, 6.07) is 3.35. The number of esters is 1. The van der Waals surface area contributed by atoms with E-state index in [9.17, 15) is 9.59 Å². The molecule has 5 heteroatoms. The second-order valence-corrected chi connectivity index (χ2v) is 3.74. The Balaban J connectivity index is 1.98. The van der Waals surface area contributed by atoms with Crippen LogP contribution < -0.4 is 0 Å².